The molecule has 1 aliphatic heterocycles. The molecule has 5 nitrogen and oxygen atoms in total. The molecule has 0 aliphatic carbocycles. The minimum Gasteiger partial charge on any atom is -0.409 e. The van der Waals surface area contributed by atoms with Crippen molar-refractivity contribution in [2.75, 3.05) is 11.4 Å². The highest BCUT2D eigenvalue weighted by atomic mass is 16.4. The second-order valence-corrected chi connectivity index (χ2v) is 5.12. The molecule has 3 N–H and O–H groups in total. The molecule has 2 rings (SSSR count). The lowest BCUT2D eigenvalue weighted by Crippen LogP contribution is -2.43. The minimum atomic E-state index is -0.587. The molecule has 0 radical (unpaired) electrons. The number of nitrogens with zero attached hydrogens (tertiary/aromatic N) is 2. The van der Waals surface area contributed by atoms with Gasteiger partial charge in [-0.25, -0.2) is 0 Å². The smallest absolute Gasteiger partial charge is 0.238 e. The molecule has 0 saturated heterocycles. The van der Waals surface area contributed by atoms with E-state index < -0.39 is 5.92 Å². The predicted octanol–water partition coefficient (Wildman–Crippen LogP) is 1.59. The Labute approximate surface area is 112 Å². The van der Waals surface area contributed by atoms with Gasteiger partial charge in [0.2, 0.25) is 5.91 Å². The molecule has 0 saturated carbocycles. The summed E-state index contributed by atoms with van der Waals surface area (Å²) in [5.74, 6) is -0.730. The molecule has 19 heavy (non-hydrogen) atoms. The average molecular weight is 261 g/mol. The third kappa shape index (κ3) is 2.41. The molecular formula is C14H19N3O2. The van der Waals surface area contributed by atoms with Gasteiger partial charge in [0.25, 0.3) is 0 Å². The molecule has 0 bridgehead atoms. The van der Waals surface area contributed by atoms with E-state index in [0.29, 0.717) is 6.54 Å². The summed E-state index contributed by atoms with van der Waals surface area (Å²) in [6, 6.07) is 7.84. The van der Waals surface area contributed by atoms with Crippen molar-refractivity contribution in [1.29, 1.82) is 0 Å². The van der Waals surface area contributed by atoms with Crippen molar-refractivity contribution in [1.82, 2.24) is 0 Å². The van der Waals surface area contributed by atoms with Gasteiger partial charge >= 0.3 is 0 Å². The van der Waals surface area contributed by atoms with Gasteiger partial charge in [0.05, 0.1) is 0 Å². The highest BCUT2D eigenvalue weighted by Crippen LogP contribution is 2.30. The molecule has 1 atom stereocenters. The van der Waals surface area contributed by atoms with Crippen LogP contribution in [0, 0.1) is 11.8 Å². The van der Waals surface area contributed by atoms with Crippen molar-refractivity contribution in [2.24, 2.45) is 22.7 Å². The first kappa shape index (κ1) is 13.4. The minimum absolute atomic E-state index is 0.0174. The fourth-order valence-corrected chi connectivity index (χ4v) is 2.55. The number of fused-ring (bicyclic) bond motifs is 1. The number of oxime groups is 1. The number of carbonyl (C=O) groups is 1. The van der Waals surface area contributed by atoms with Crippen molar-refractivity contribution >= 4 is 17.4 Å². The predicted molar refractivity (Wildman–Crippen MR) is 74.2 cm³/mol. The first-order valence-corrected chi connectivity index (χ1v) is 6.43. The van der Waals surface area contributed by atoms with Gasteiger partial charge in [0.1, 0.15) is 5.92 Å². The van der Waals surface area contributed by atoms with Crippen molar-refractivity contribution < 1.29 is 10.0 Å². The number of benzene rings is 1. The number of hydrogen-bond acceptors (Lipinski definition) is 3. The number of anilines is 1. The molecule has 0 spiro atoms. The fourth-order valence-electron chi connectivity index (χ4n) is 2.55. The van der Waals surface area contributed by atoms with Gasteiger partial charge < -0.3 is 15.8 Å². The Morgan fingerprint density at radius 1 is 1.42 bits per heavy atom. The number of hydrogen-bond donors (Lipinski definition) is 2. The maximum absolute atomic E-state index is 12.6. The average Bonchev–Trinajstić information content (AvgIpc) is 2.81. The van der Waals surface area contributed by atoms with Crippen molar-refractivity contribution in [3.8, 4) is 0 Å². The summed E-state index contributed by atoms with van der Waals surface area (Å²) < 4.78 is 0. The first-order chi connectivity index (χ1) is 9.06. The summed E-state index contributed by atoms with van der Waals surface area (Å²) in [5.41, 5.74) is 7.76. The third-order valence-electron chi connectivity index (χ3n) is 3.52. The summed E-state index contributed by atoms with van der Waals surface area (Å²) in [5, 5.41) is 11.8. The number of para-hydroxylation sites is 1. The molecule has 1 aliphatic rings. The van der Waals surface area contributed by atoms with Crippen LogP contribution in [-0.2, 0) is 11.2 Å². The van der Waals surface area contributed by atoms with Crippen LogP contribution in [0.25, 0.3) is 0 Å². The van der Waals surface area contributed by atoms with E-state index in [2.05, 4.69) is 5.16 Å². The van der Waals surface area contributed by atoms with Crippen LogP contribution in [0.3, 0.4) is 0 Å². The quantitative estimate of drug-likeness (QED) is 0.375. The van der Waals surface area contributed by atoms with Gasteiger partial charge in [-0.3, -0.25) is 4.79 Å². The van der Waals surface area contributed by atoms with E-state index in [0.717, 1.165) is 17.7 Å². The Kier molecular flexibility index (Phi) is 3.74. The summed E-state index contributed by atoms with van der Waals surface area (Å²) in [6.45, 7) is 4.44. The van der Waals surface area contributed by atoms with Crippen LogP contribution >= 0.6 is 0 Å². The van der Waals surface area contributed by atoms with Crippen molar-refractivity contribution in [3.05, 3.63) is 29.8 Å². The molecular weight excluding hydrogens is 242 g/mol. The van der Waals surface area contributed by atoms with E-state index in [1.54, 1.807) is 4.90 Å². The van der Waals surface area contributed by atoms with E-state index in [9.17, 15) is 4.79 Å². The highest BCUT2D eigenvalue weighted by molar-refractivity contribution is 6.09. The van der Waals surface area contributed by atoms with Gasteiger partial charge in [-0.2, -0.15) is 0 Å². The summed E-state index contributed by atoms with van der Waals surface area (Å²) >= 11 is 0. The SMILES string of the molecule is CC(C)C(C(=O)N1CCc2ccccc21)C(N)=NO. The highest BCUT2D eigenvalue weighted by Gasteiger charge is 2.34. The Morgan fingerprint density at radius 3 is 2.74 bits per heavy atom. The second-order valence-electron chi connectivity index (χ2n) is 5.12. The molecule has 1 unspecified atom stereocenters. The van der Waals surface area contributed by atoms with E-state index in [1.807, 2.05) is 38.1 Å². The Balaban J connectivity index is 2.30. The number of amides is 1. The summed E-state index contributed by atoms with van der Waals surface area (Å²) in [4.78, 5) is 14.3. The third-order valence-corrected chi connectivity index (χ3v) is 3.52. The molecule has 5 heteroatoms. The van der Waals surface area contributed by atoms with E-state index in [4.69, 9.17) is 10.9 Å². The Bertz CT molecular complexity index is 511. The van der Waals surface area contributed by atoms with Crippen LogP contribution in [0.4, 0.5) is 5.69 Å². The topological polar surface area (TPSA) is 78.9 Å². The lowest BCUT2D eigenvalue weighted by molar-refractivity contribution is -0.121. The number of carbonyl (C=O) groups excluding carboxylic acids is 1. The number of nitrogens with two attached hydrogens (primary N) is 1. The summed E-state index contributed by atoms with van der Waals surface area (Å²) in [6.07, 6.45) is 0.850. The van der Waals surface area contributed by atoms with Crippen LogP contribution in [0.2, 0.25) is 0 Å². The molecule has 102 valence electrons. The first-order valence-electron chi connectivity index (χ1n) is 6.43. The van der Waals surface area contributed by atoms with Gasteiger partial charge in [0, 0.05) is 12.2 Å². The van der Waals surface area contributed by atoms with Gasteiger partial charge in [0.15, 0.2) is 5.84 Å². The second kappa shape index (κ2) is 5.30. The van der Waals surface area contributed by atoms with Crippen molar-refractivity contribution in [2.45, 2.75) is 20.3 Å². The zero-order valence-electron chi connectivity index (χ0n) is 11.2. The fraction of sp³-hybridized carbons (Fsp3) is 0.429. The number of rotatable bonds is 3. The molecule has 1 amide bonds. The van der Waals surface area contributed by atoms with Crippen LogP contribution in [0.1, 0.15) is 19.4 Å². The standard InChI is InChI=1S/C14H19N3O2/c1-9(2)12(13(15)16-19)14(18)17-8-7-10-5-3-4-6-11(10)17/h3-6,9,12,19H,7-8H2,1-2H3,(H2,15,16). The van der Waals surface area contributed by atoms with Gasteiger partial charge in [-0.15, -0.1) is 0 Å². The Hall–Kier alpha value is -2.04. The normalized spacial score (nSPS) is 16.6. The largest absolute Gasteiger partial charge is 0.409 e. The molecule has 0 aromatic heterocycles. The van der Waals surface area contributed by atoms with Crippen LogP contribution in [-0.4, -0.2) is 23.5 Å². The molecule has 1 aromatic rings. The van der Waals surface area contributed by atoms with E-state index in [-0.39, 0.29) is 17.7 Å². The molecule has 1 heterocycles. The maximum atomic E-state index is 12.6. The molecule has 1 aromatic carbocycles. The lowest BCUT2D eigenvalue weighted by atomic mass is 9.93. The van der Waals surface area contributed by atoms with Gasteiger partial charge in [-0.05, 0) is 24.0 Å². The summed E-state index contributed by atoms with van der Waals surface area (Å²) in [7, 11) is 0. The van der Waals surface area contributed by atoms with Crippen molar-refractivity contribution in [3.63, 3.8) is 0 Å². The van der Waals surface area contributed by atoms with Crippen LogP contribution in [0.15, 0.2) is 29.4 Å². The van der Waals surface area contributed by atoms with E-state index in [1.165, 1.54) is 0 Å². The monoisotopic (exact) mass is 261 g/mol. The lowest BCUT2D eigenvalue weighted by Gasteiger charge is -2.25. The van der Waals surface area contributed by atoms with Gasteiger partial charge in [-0.1, -0.05) is 37.2 Å². The number of amidine groups is 1. The van der Waals surface area contributed by atoms with Crippen LogP contribution < -0.4 is 10.6 Å². The maximum Gasteiger partial charge on any atom is 0.238 e. The van der Waals surface area contributed by atoms with Crippen LogP contribution in [0.5, 0.6) is 0 Å². The Morgan fingerprint density at radius 2 is 2.11 bits per heavy atom. The zero-order chi connectivity index (χ0) is 14.0. The van der Waals surface area contributed by atoms with E-state index >= 15 is 0 Å². The molecule has 0 fully saturated rings. The zero-order valence-corrected chi connectivity index (χ0v) is 11.2.